The van der Waals surface area contributed by atoms with E-state index in [1.165, 1.54) is 13.2 Å². The van der Waals surface area contributed by atoms with E-state index < -0.39 is 30.4 Å². The van der Waals surface area contributed by atoms with E-state index in [4.69, 9.17) is 9.47 Å². The average molecular weight is 441 g/mol. The number of amides is 3. The minimum absolute atomic E-state index is 0.0241. The molecule has 1 saturated heterocycles. The van der Waals surface area contributed by atoms with E-state index in [0.29, 0.717) is 15.8 Å². The molecule has 1 fully saturated rings. The lowest BCUT2D eigenvalue weighted by Gasteiger charge is -2.09. The fourth-order valence-electron chi connectivity index (χ4n) is 2.14. The third kappa shape index (κ3) is 5.30. The fraction of sp³-hybridized carbons (Fsp3) is 0.294. The van der Waals surface area contributed by atoms with Crippen molar-refractivity contribution in [3.63, 3.8) is 0 Å². The first-order valence-electron chi connectivity index (χ1n) is 7.85. The zero-order chi connectivity index (χ0) is 20.0. The third-order valence-corrected chi connectivity index (χ3v) is 4.01. The molecule has 10 heteroatoms. The van der Waals surface area contributed by atoms with Crippen LogP contribution in [0.5, 0.6) is 5.75 Å². The zero-order valence-electron chi connectivity index (χ0n) is 14.6. The molecule has 0 unspecified atom stereocenters. The summed E-state index contributed by atoms with van der Waals surface area (Å²) in [5.74, 6) is -1.41. The number of urea groups is 1. The number of benzene rings is 1. The second kappa shape index (κ2) is 9.17. The molecule has 1 aliphatic heterocycles. The Bertz CT molecular complexity index is 806. The summed E-state index contributed by atoms with van der Waals surface area (Å²) in [6.07, 6.45) is 1.46. The number of hydrogen-bond acceptors (Lipinski definition) is 7. The minimum atomic E-state index is -0.704. The van der Waals surface area contributed by atoms with E-state index in [1.54, 1.807) is 25.1 Å². The van der Waals surface area contributed by atoms with Crippen molar-refractivity contribution in [1.29, 1.82) is 0 Å². The van der Waals surface area contributed by atoms with Gasteiger partial charge >= 0.3 is 18.0 Å². The molecule has 0 spiro atoms. The maximum absolute atomic E-state index is 12.2. The van der Waals surface area contributed by atoms with Crippen molar-refractivity contribution >= 4 is 45.9 Å². The molecule has 9 nitrogen and oxygen atoms in total. The van der Waals surface area contributed by atoms with Crippen LogP contribution < -0.4 is 10.1 Å². The Kier molecular flexibility index (Phi) is 6.94. The Morgan fingerprint density at radius 2 is 2.00 bits per heavy atom. The van der Waals surface area contributed by atoms with E-state index >= 15 is 0 Å². The van der Waals surface area contributed by atoms with Gasteiger partial charge in [0, 0.05) is 0 Å². The number of carbonyl (C=O) groups is 4. The number of hydrogen-bond donors (Lipinski definition) is 1. The lowest BCUT2D eigenvalue weighted by Crippen LogP contribution is -2.36. The zero-order valence-corrected chi connectivity index (χ0v) is 16.2. The van der Waals surface area contributed by atoms with Gasteiger partial charge in [0.05, 0.1) is 18.2 Å². The predicted octanol–water partition coefficient (Wildman–Crippen LogP) is 1.46. The van der Waals surface area contributed by atoms with Crippen LogP contribution in [0, 0.1) is 0 Å². The normalized spacial score (nSPS) is 14.9. The second-order valence-electron chi connectivity index (χ2n) is 5.24. The molecule has 1 aliphatic rings. The molecule has 1 heterocycles. The monoisotopic (exact) mass is 440 g/mol. The number of imide groups is 1. The van der Waals surface area contributed by atoms with E-state index in [2.05, 4.69) is 26.0 Å². The summed E-state index contributed by atoms with van der Waals surface area (Å²) in [7, 11) is 1.17. The summed E-state index contributed by atoms with van der Waals surface area (Å²) in [5, 5.41) is 2.40. The fourth-order valence-corrected chi connectivity index (χ4v) is 2.65. The number of rotatable bonds is 7. The number of nitrogens with one attached hydrogen (secondary N) is 1. The van der Waals surface area contributed by atoms with Gasteiger partial charge in [-0.1, -0.05) is 6.07 Å². The molecule has 144 valence electrons. The number of halogens is 1. The van der Waals surface area contributed by atoms with Gasteiger partial charge in [0.2, 0.25) is 0 Å². The lowest BCUT2D eigenvalue weighted by molar-refractivity contribution is -0.145. The maximum Gasteiger partial charge on any atom is 0.344 e. The van der Waals surface area contributed by atoms with Crippen LogP contribution in [0.4, 0.5) is 4.79 Å². The van der Waals surface area contributed by atoms with Crippen LogP contribution in [0.1, 0.15) is 12.5 Å². The van der Waals surface area contributed by atoms with E-state index in [1.807, 2.05) is 0 Å². The molecule has 1 aromatic carbocycles. The molecule has 2 rings (SSSR count). The van der Waals surface area contributed by atoms with Gasteiger partial charge in [0.1, 0.15) is 18.0 Å². The van der Waals surface area contributed by atoms with Crippen molar-refractivity contribution in [2.24, 2.45) is 0 Å². The van der Waals surface area contributed by atoms with Crippen LogP contribution in [0.2, 0.25) is 0 Å². The quantitative estimate of drug-likeness (QED) is 0.388. The van der Waals surface area contributed by atoms with Crippen LogP contribution in [0.25, 0.3) is 6.08 Å². The Balaban J connectivity index is 2.09. The number of esters is 2. The van der Waals surface area contributed by atoms with Crippen LogP contribution in [-0.4, -0.2) is 55.6 Å². The molecule has 0 bridgehead atoms. The van der Waals surface area contributed by atoms with Crippen molar-refractivity contribution in [2.75, 3.05) is 26.9 Å². The summed E-state index contributed by atoms with van der Waals surface area (Å²) in [5.41, 5.74) is 0.616. The highest BCUT2D eigenvalue weighted by Crippen LogP contribution is 2.27. The number of nitrogens with zero attached hydrogens (tertiary/aromatic N) is 1. The maximum atomic E-state index is 12.2. The molecule has 1 aromatic rings. The SMILES string of the molecule is CCOC(=O)COc1ccc(/C=C2/NC(=O)N(CC(=O)OC)C2=O)cc1Br. The van der Waals surface area contributed by atoms with E-state index in [9.17, 15) is 19.2 Å². The van der Waals surface area contributed by atoms with Gasteiger partial charge in [0.15, 0.2) is 6.61 Å². The van der Waals surface area contributed by atoms with Gasteiger partial charge in [-0.15, -0.1) is 0 Å². The standard InChI is InChI=1S/C17H17BrN2O7/c1-3-26-15(22)9-27-13-5-4-10(6-11(13)18)7-12-16(23)20(17(24)19-12)8-14(21)25-2/h4-7H,3,8-9H2,1-2H3,(H,19,24)/b12-7+. The van der Waals surface area contributed by atoms with Gasteiger partial charge in [0.25, 0.3) is 5.91 Å². The molecule has 27 heavy (non-hydrogen) atoms. The van der Waals surface area contributed by atoms with E-state index in [0.717, 1.165) is 4.90 Å². The molecular weight excluding hydrogens is 424 g/mol. The molecule has 0 radical (unpaired) electrons. The number of carbonyl (C=O) groups excluding carboxylic acids is 4. The largest absolute Gasteiger partial charge is 0.481 e. The molecular formula is C17H17BrN2O7. The average Bonchev–Trinajstić information content (AvgIpc) is 2.88. The van der Waals surface area contributed by atoms with Crippen molar-refractivity contribution in [1.82, 2.24) is 10.2 Å². The first-order chi connectivity index (χ1) is 12.8. The van der Waals surface area contributed by atoms with Gasteiger partial charge in [-0.3, -0.25) is 9.59 Å². The molecule has 0 aromatic heterocycles. The van der Waals surface area contributed by atoms with Crippen molar-refractivity contribution in [3.05, 3.63) is 33.9 Å². The van der Waals surface area contributed by atoms with Crippen molar-refractivity contribution in [3.8, 4) is 5.75 Å². The molecule has 0 saturated carbocycles. The number of methoxy groups -OCH3 is 1. The predicted molar refractivity (Wildman–Crippen MR) is 96.5 cm³/mol. The topological polar surface area (TPSA) is 111 Å². The van der Waals surface area contributed by atoms with Crippen LogP contribution >= 0.6 is 15.9 Å². The Hall–Kier alpha value is -2.88. The van der Waals surface area contributed by atoms with Crippen molar-refractivity contribution < 1.29 is 33.4 Å². The highest BCUT2D eigenvalue weighted by molar-refractivity contribution is 9.10. The first kappa shape index (κ1) is 20.4. The van der Waals surface area contributed by atoms with Gasteiger partial charge in [-0.05, 0) is 46.6 Å². The summed E-state index contributed by atoms with van der Waals surface area (Å²) >= 11 is 3.32. The molecule has 0 atom stereocenters. The second-order valence-corrected chi connectivity index (χ2v) is 6.09. The third-order valence-electron chi connectivity index (χ3n) is 3.39. The number of ether oxygens (including phenoxy) is 3. The summed E-state index contributed by atoms with van der Waals surface area (Å²) in [6, 6.07) is 4.18. The highest BCUT2D eigenvalue weighted by Gasteiger charge is 2.35. The summed E-state index contributed by atoms with van der Waals surface area (Å²) in [6.45, 7) is 1.26. The minimum Gasteiger partial charge on any atom is -0.481 e. The molecule has 1 N–H and O–H groups in total. The van der Waals surface area contributed by atoms with Gasteiger partial charge < -0.3 is 19.5 Å². The Morgan fingerprint density at radius 1 is 1.26 bits per heavy atom. The van der Waals surface area contributed by atoms with Gasteiger partial charge in [-0.2, -0.15) is 0 Å². The van der Waals surface area contributed by atoms with E-state index in [-0.39, 0.29) is 18.9 Å². The molecule has 0 aliphatic carbocycles. The highest BCUT2D eigenvalue weighted by atomic mass is 79.9. The Labute approximate surface area is 163 Å². The van der Waals surface area contributed by atoms with Crippen LogP contribution in [-0.2, 0) is 23.9 Å². The van der Waals surface area contributed by atoms with Crippen molar-refractivity contribution in [2.45, 2.75) is 6.92 Å². The van der Waals surface area contributed by atoms with Crippen LogP contribution in [0.15, 0.2) is 28.4 Å². The Morgan fingerprint density at radius 3 is 2.63 bits per heavy atom. The van der Waals surface area contributed by atoms with Gasteiger partial charge in [-0.25, -0.2) is 14.5 Å². The van der Waals surface area contributed by atoms with Crippen LogP contribution in [0.3, 0.4) is 0 Å². The lowest BCUT2D eigenvalue weighted by atomic mass is 10.2. The summed E-state index contributed by atoms with van der Waals surface area (Å²) < 4.78 is 15.1. The molecule has 3 amide bonds. The summed E-state index contributed by atoms with van der Waals surface area (Å²) in [4.78, 5) is 47.4. The smallest absolute Gasteiger partial charge is 0.344 e. The first-order valence-corrected chi connectivity index (χ1v) is 8.64.